The molecule has 10 heteroatoms. The molecular formula is C15H18N4O3S3. The zero-order chi connectivity index (χ0) is 17.9. The van der Waals surface area contributed by atoms with Gasteiger partial charge in [0.15, 0.2) is 14.2 Å². The number of carbonyl (C=O) groups is 1. The van der Waals surface area contributed by atoms with Crippen LogP contribution >= 0.6 is 23.1 Å². The quantitative estimate of drug-likeness (QED) is 0.743. The van der Waals surface area contributed by atoms with Crippen LogP contribution in [0.5, 0.6) is 0 Å². The molecule has 1 saturated heterocycles. The van der Waals surface area contributed by atoms with Crippen LogP contribution in [0.1, 0.15) is 6.42 Å². The van der Waals surface area contributed by atoms with Gasteiger partial charge in [0.1, 0.15) is 0 Å². The fraction of sp³-hybridized carbons (Fsp3) is 0.400. The van der Waals surface area contributed by atoms with Crippen molar-refractivity contribution in [1.82, 2.24) is 10.2 Å². The van der Waals surface area contributed by atoms with Crippen molar-refractivity contribution in [3.05, 3.63) is 30.3 Å². The third-order valence-electron chi connectivity index (χ3n) is 3.82. The normalized spacial score (nSPS) is 18.8. The lowest BCUT2D eigenvalue weighted by molar-refractivity contribution is -0.116. The van der Waals surface area contributed by atoms with Crippen molar-refractivity contribution < 1.29 is 13.2 Å². The number of nitrogens with one attached hydrogen (secondary N) is 1. The first-order valence-electron chi connectivity index (χ1n) is 7.70. The number of carbonyl (C=O) groups excluding carboxylic acids is 1. The number of amides is 1. The summed E-state index contributed by atoms with van der Waals surface area (Å²) in [7, 11) is -1.32. The topological polar surface area (TPSA) is 92.3 Å². The molecule has 0 aliphatic carbocycles. The second-order valence-corrected chi connectivity index (χ2v) is 10.00. The number of hydrogen-bond donors (Lipinski definition) is 1. The van der Waals surface area contributed by atoms with Gasteiger partial charge in [-0.05, 0) is 18.6 Å². The van der Waals surface area contributed by atoms with Crippen molar-refractivity contribution in [1.29, 1.82) is 0 Å². The lowest BCUT2D eigenvalue weighted by Crippen LogP contribution is -2.42. The minimum Gasteiger partial charge on any atom is -0.363 e. The van der Waals surface area contributed by atoms with E-state index in [-0.39, 0.29) is 29.2 Å². The molecule has 2 heterocycles. The molecule has 2 aromatic rings. The summed E-state index contributed by atoms with van der Waals surface area (Å²) >= 11 is 2.69. The lowest BCUT2D eigenvalue weighted by atomic mass is 10.2. The molecule has 1 N–H and O–H groups in total. The van der Waals surface area contributed by atoms with Crippen LogP contribution in [-0.4, -0.2) is 54.9 Å². The van der Waals surface area contributed by atoms with Crippen molar-refractivity contribution in [3.8, 4) is 0 Å². The van der Waals surface area contributed by atoms with Gasteiger partial charge in [0.2, 0.25) is 11.0 Å². The number of sulfone groups is 1. The summed E-state index contributed by atoms with van der Waals surface area (Å²) in [5, 5.41) is 11.6. The minimum absolute atomic E-state index is 0.0149. The molecule has 134 valence electrons. The summed E-state index contributed by atoms with van der Waals surface area (Å²) in [5.41, 5.74) is 0.725. The number of aromatic nitrogens is 2. The highest BCUT2D eigenvalue weighted by molar-refractivity contribution is 8.01. The standard InChI is InChI=1S/C15H18N4O3S3/c1-16-14-17-18-15(24-14)23-9-13(20)19(11-5-3-2-4-6-11)12-7-8-25(21,22)10-12/h2-6,12H,7-10H2,1H3,(H,16,17)/t12-/m0/s1. The maximum atomic E-state index is 12.8. The van der Waals surface area contributed by atoms with E-state index in [0.717, 1.165) is 5.69 Å². The van der Waals surface area contributed by atoms with Gasteiger partial charge in [-0.25, -0.2) is 8.42 Å². The number of benzene rings is 1. The van der Waals surface area contributed by atoms with Crippen LogP contribution in [0.3, 0.4) is 0 Å². The second-order valence-electron chi connectivity index (χ2n) is 5.57. The highest BCUT2D eigenvalue weighted by atomic mass is 32.2. The van der Waals surface area contributed by atoms with Gasteiger partial charge in [0, 0.05) is 12.7 Å². The Morgan fingerprint density at radius 2 is 2.12 bits per heavy atom. The average molecular weight is 399 g/mol. The van der Waals surface area contributed by atoms with E-state index in [0.29, 0.717) is 15.9 Å². The van der Waals surface area contributed by atoms with E-state index in [9.17, 15) is 13.2 Å². The van der Waals surface area contributed by atoms with Crippen LogP contribution in [0.25, 0.3) is 0 Å². The summed E-state index contributed by atoms with van der Waals surface area (Å²) < 4.78 is 24.4. The third-order valence-corrected chi connectivity index (χ3v) is 7.63. The molecule has 0 bridgehead atoms. The maximum Gasteiger partial charge on any atom is 0.237 e. The predicted molar refractivity (Wildman–Crippen MR) is 101 cm³/mol. The Labute approximate surface area is 154 Å². The first-order chi connectivity index (χ1) is 12.0. The van der Waals surface area contributed by atoms with E-state index < -0.39 is 9.84 Å². The molecule has 1 aliphatic heterocycles. The van der Waals surface area contributed by atoms with Gasteiger partial charge in [-0.1, -0.05) is 41.3 Å². The summed E-state index contributed by atoms with van der Waals surface area (Å²) in [6, 6.07) is 8.90. The van der Waals surface area contributed by atoms with Crippen LogP contribution in [0.4, 0.5) is 10.8 Å². The molecule has 0 radical (unpaired) electrons. The van der Waals surface area contributed by atoms with E-state index >= 15 is 0 Å². The highest BCUT2D eigenvalue weighted by Gasteiger charge is 2.35. The van der Waals surface area contributed by atoms with Crippen molar-refractivity contribution in [2.24, 2.45) is 0 Å². The molecule has 0 unspecified atom stereocenters. The van der Waals surface area contributed by atoms with Crippen molar-refractivity contribution in [2.45, 2.75) is 16.8 Å². The third kappa shape index (κ3) is 4.50. The first-order valence-corrected chi connectivity index (χ1v) is 11.3. The number of anilines is 2. The number of thioether (sulfide) groups is 1. The Morgan fingerprint density at radius 1 is 1.36 bits per heavy atom. The molecule has 1 aromatic carbocycles. The Kier molecular flexibility index (Phi) is 5.60. The number of nitrogens with zero attached hydrogens (tertiary/aromatic N) is 3. The fourth-order valence-corrected chi connectivity index (χ4v) is 5.95. The van der Waals surface area contributed by atoms with Gasteiger partial charge in [-0.15, -0.1) is 10.2 Å². The summed E-state index contributed by atoms with van der Waals surface area (Å²) in [6.07, 6.45) is 0.469. The Hall–Kier alpha value is -1.65. The molecule has 1 fully saturated rings. The predicted octanol–water partition coefficient (Wildman–Crippen LogP) is 1.89. The van der Waals surface area contributed by atoms with Crippen LogP contribution < -0.4 is 10.2 Å². The van der Waals surface area contributed by atoms with Crippen LogP contribution in [0.2, 0.25) is 0 Å². The van der Waals surface area contributed by atoms with Crippen molar-refractivity contribution >= 4 is 49.7 Å². The molecule has 1 aromatic heterocycles. The average Bonchev–Trinajstić information content (AvgIpc) is 3.20. The van der Waals surface area contributed by atoms with Gasteiger partial charge in [-0.2, -0.15) is 0 Å². The molecule has 25 heavy (non-hydrogen) atoms. The van der Waals surface area contributed by atoms with Crippen molar-refractivity contribution in [2.75, 3.05) is 34.5 Å². The zero-order valence-corrected chi connectivity index (χ0v) is 16.0. The van der Waals surface area contributed by atoms with E-state index in [1.165, 1.54) is 23.1 Å². The van der Waals surface area contributed by atoms with Crippen molar-refractivity contribution in [3.63, 3.8) is 0 Å². The largest absolute Gasteiger partial charge is 0.363 e. The molecular weight excluding hydrogens is 380 g/mol. The SMILES string of the molecule is CNc1nnc(SCC(=O)N(c2ccccc2)[C@H]2CCS(=O)(=O)C2)s1. The Bertz CT molecular complexity index is 839. The van der Waals surface area contributed by atoms with Gasteiger partial charge in [0.25, 0.3) is 0 Å². The molecule has 0 saturated carbocycles. The van der Waals surface area contributed by atoms with Crippen LogP contribution in [0.15, 0.2) is 34.7 Å². The monoisotopic (exact) mass is 398 g/mol. The number of rotatable bonds is 6. The Balaban J connectivity index is 1.75. The number of para-hydroxylation sites is 1. The lowest BCUT2D eigenvalue weighted by Gasteiger charge is -2.28. The minimum atomic E-state index is -3.08. The fourth-order valence-electron chi connectivity index (χ4n) is 2.69. The van der Waals surface area contributed by atoms with E-state index in [1.54, 1.807) is 11.9 Å². The van der Waals surface area contributed by atoms with Gasteiger partial charge >= 0.3 is 0 Å². The molecule has 0 spiro atoms. The second kappa shape index (κ2) is 7.71. The highest BCUT2D eigenvalue weighted by Crippen LogP contribution is 2.28. The summed E-state index contributed by atoms with van der Waals surface area (Å²) in [4.78, 5) is 14.5. The van der Waals surface area contributed by atoms with E-state index in [1.807, 2.05) is 30.3 Å². The zero-order valence-electron chi connectivity index (χ0n) is 13.6. The van der Waals surface area contributed by atoms with Crippen LogP contribution in [0, 0.1) is 0 Å². The number of hydrogen-bond acceptors (Lipinski definition) is 8. The van der Waals surface area contributed by atoms with E-state index in [4.69, 9.17) is 0 Å². The summed E-state index contributed by atoms with van der Waals surface area (Å²) in [5.74, 6) is 0.202. The summed E-state index contributed by atoms with van der Waals surface area (Å²) in [6.45, 7) is 0. The van der Waals surface area contributed by atoms with Crippen LogP contribution in [-0.2, 0) is 14.6 Å². The van der Waals surface area contributed by atoms with E-state index in [2.05, 4.69) is 15.5 Å². The molecule has 1 amide bonds. The molecule has 7 nitrogen and oxygen atoms in total. The van der Waals surface area contributed by atoms with Gasteiger partial charge in [0.05, 0.1) is 23.3 Å². The Morgan fingerprint density at radius 3 is 2.72 bits per heavy atom. The molecule has 1 atom stereocenters. The van der Waals surface area contributed by atoms with Gasteiger partial charge < -0.3 is 10.2 Å². The van der Waals surface area contributed by atoms with Gasteiger partial charge in [-0.3, -0.25) is 4.79 Å². The molecule has 3 rings (SSSR count). The smallest absolute Gasteiger partial charge is 0.237 e. The maximum absolute atomic E-state index is 12.8. The first kappa shape index (κ1) is 18.2. The molecule has 1 aliphatic rings.